The predicted molar refractivity (Wildman–Crippen MR) is 66.2 cm³/mol. The van der Waals surface area contributed by atoms with Crippen molar-refractivity contribution in [1.29, 1.82) is 0 Å². The summed E-state index contributed by atoms with van der Waals surface area (Å²) >= 11 is 0. The lowest BCUT2D eigenvalue weighted by atomic mass is 10.0. The Balaban J connectivity index is 2.10. The predicted octanol–water partition coefficient (Wildman–Crippen LogP) is 1.77. The van der Waals surface area contributed by atoms with Gasteiger partial charge < -0.3 is 5.32 Å². The van der Waals surface area contributed by atoms with E-state index in [1.165, 1.54) is 12.8 Å². The van der Waals surface area contributed by atoms with E-state index in [1.54, 1.807) is 11.0 Å². The van der Waals surface area contributed by atoms with Gasteiger partial charge in [-0.25, -0.2) is 4.98 Å². The first-order chi connectivity index (χ1) is 7.58. The Bertz CT molecular complexity index is 293. The molecular weight excluding hydrogens is 200 g/mol. The van der Waals surface area contributed by atoms with E-state index in [-0.39, 0.29) is 0 Å². The molecule has 0 amide bonds. The summed E-state index contributed by atoms with van der Waals surface area (Å²) in [6, 6.07) is 0.589. The molecule has 0 fully saturated rings. The van der Waals surface area contributed by atoms with Gasteiger partial charge in [0.05, 0.1) is 0 Å². The van der Waals surface area contributed by atoms with E-state index in [4.69, 9.17) is 0 Å². The van der Waals surface area contributed by atoms with Crippen LogP contribution in [0.25, 0.3) is 0 Å². The molecule has 0 radical (unpaired) electrons. The van der Waals surface area contributed by atoms with Gasteiger partial charge in [0.1, 0.15) is 6.33 Å². The number of hydrogen-bond acceptors (Lipinski definition) is 3. The van der Waals surface area contributed by atoms with E-state index in [0.717, 1.165) is 24.7 Å². The third-order valence-corrected chi connectivity index (χ3v) is 2.67. The molecule has 16 heavy (non-hydrogen) atoms. The van der Waals surface area contributed by atoms with Gasteiger partial charge in [0.15, 0.2) is 5.82 Å². The van der Waals surface area contributed by atoms with Crippen LogP contribution in [0, 0.1) is 5.92 Å². The van der Waals surface area contributed by atoms with Crippen molar-refractivity contribution in [2.24, 2.45) is 13.0 Å². The first-order valence-electron chi connectivity index (χ1n) is 6.16. The highest BCUT2D eigenvalue weighted by molar-refractivity contribution is 4.82. The van der Waals surface area contributed by atoms with Gasteiger partial charge in [-0.05, 0) is 25.7 Å². The van der Waals surface area contributed by atoms with Gasteiger partial charge >= 0.3 is 0 Å². The number of hydrogen-bond donors (Lipinski definition) is 1. The molecule has 1 rings (SSSR count). The second kappa shape index (κ2) is 6.63. The zero-order valence-electron chi connectivity index (χ0n) is 10.9. The van der Waals surface area contributed by atoms with Gasteiger partial charge in [0.25, 0.3) is 0 Å². The Hall–Kier alpha value is -0.900. The van der Waals surface area contributed by atoms with Crippen LogP contribution in [-0.2, 0) is 13.5 Å². The molecule has 1 N–H and O–H groups in total. The zero-order valence-corrected chi connectivity index (χ0v) is 10.9. The fourth-order valence-electron chi connectivity index (χ4n) is 1.61. The Labute approximate surface area is 98.5 Å². The van der Waals surface area contributed by atoms with E-state index in [2.05, 4.69) is 36.2 Å². The number of rotatable bonds is 7. The summed E-state index contributed by atoms with van der Waals surface area (Å²) in [5.41, 5.74) is 0. The summed E-state index contributed by atoms with van der Waals surface area (Å²) in [5.74, 6) is 1.72. The molecule has 0 spiro atoms. The molecule has 0 saturated heterocycles. The highest BCUT2D eigenvalue weighted by Crippen LogP contribution is 2.06. The summed E-state index contributed by atoms with van der Waals surface area (Å²) in [6.07, 6.45) is 5.19. The second-order valence-electron chi connectivity index (χ2n) is 4.91. The molecule has 1 aromatic heterocycles. The Morgan fingerprint density at radius 3 is 2.62 bits per heavy atom. The van der Waals surface area contributed by atoms with Crippen molar-refractivity contribution in [3.63, 3.8) is 0 Å². The minimum Gasteiger partial charge on any atom is -0.314 e. The highest BCUT2D eigenvalue weighted by atomic mass is 15.3. The van der Waals surface area contributed by atoms with E-state index in [1.807, 2.05) is 7.05 Å². The van der Waals surface area contributed by atoms with Crippen LogP contribution in [0.15, 0.2) is 6.33 Å². The Morgan fingerprint density at radius 2 is 2.06 bits per heavy atom. The number of nitrogens with zero attached hydrogens (tertiary/aromatic N) is 3. The monoisotopic (exact) mass is 224 g/mol. The summed E-state index contributed by atoms with van der Waals surface area (Å²) in [5, 5.41) is 7.75. The lowest BCUT2D eigenvalue weighted by molar-refractivity contribution is 0.452. The topological polar surface area (TPSA) is 42.7 Å². The van der Waals surface area contributed by atoms with Crippen molar-refractivity contribution < 1.29 is 0 Å². The van der Waals surface area contributed by atoms with Crippen LogP contribution in [0.2, 0.25) is 0 Å². The Kier molecular flexibility index (Phi) is 5.46. The lowest BCUT2D eigenvalue weighted by Crippen LogP contribution is -2.28. The van der Waals surface area contributed by atoms with E-state index in [0.29, 0.717) is 6.04 Å². The molecule has 0 saturated carbocycles. The quantitative estimate of drug-likeness (QED) is 0.767. The number of aromatic nitrogens is 3. The average Bonchev–Trinajstić information content (AvgIpc) is 2.61. The molecule has 4 heteroatoms. The summed E-state index contributed by atoms with van der Waals surface area (Å²) in [6.45, 7) is 7.74. The smallest absolute Gasteiger partial charge is 0.151 e. The van der Waals surface area contributed by atoms with Crippen molar-refractivity contribution in [3.05, 3.63) is 12.2 Å². The van der Waals surface area contributed by atoms with Gasteiger partial charge in [0, 0.05) is 26.1 Å². The van der Waals surface area contributed by atoms with Gasteiger partial charge in [-0.15, -0.1) is 0 Å². The first-order valence-corrected chi connectivity index (χ1v) is 6.16. The molecule has 92 valence electrons. The minimum absolute atomic E-state index is 0.589. The van der Waals surface area contributed by atoms with Crippen LogP contribution in [0.5, 0.6) is 0 Å². The molecular formula is C12H24N4. The molecule has 1 heterocycles. The fourth-order valence-corrected chi connectivity index (χ4v) is 1.61. The minimum atomic E-state index is 0.589. The van der Waals surface area contributed by atoms with Crippen molar-refractivity contribution >= 4 is 0 Å². The van der Waals surface area contributed by atoms with Crippen LogP contribution >= 0.6 is 0 Å². The largest absolute Gasteiger partial charge is 0.314 e. The molecule has 0 bridgehead atoms. The molecule has 1 unspecified atom stereocenters. The second-order valence-corrected chi connectivity index (χ2v) is 4.91. The third kappa shape index (κ3) is 5.26. The standard InChI is InChI=1S/C12H24N4/c1-10(2)5-6-11(3)13-8-7-12-14-9-16(4)15-12/h9-11,13H,5-8H2,1-4H3. The zero-order chi connectivity index (χ0) is 12.0. The van der Waals surface area contributed by atoms with Crippen molar-refractivity contribution in [2.75, 3.05) is 6.54 Å². The maximum atomic E-state index is 4.25. The average molecular weight is 224 g/mol. The molecule has 0 aromatic carbocycles. The normalized spacial score (nSPS) is 13.3. The summed E-state index contributed by atoms with van der Waals surface area (Å²) in [4.78, 5) is 4.20. The van der Waals surface area contributed by atoms with Crippen LogP contribution in [0.3, 0.4) is 0 Å². The SMILES string of the molecule is CC(C)CCC(C)NCCc1ncn(C)n1. The highest BCUT2D eigenvalue weighted by Gasteiger charge is 2.04. The maximum Gasteiger partial charge on any atom is 0.151 e. The maximum absolute atomic E-state index is 4.25. The molecule has 4 nitrogen and oxygen atoms in total. The third-order valence-electron chi connectivity index (χ3n) is 2.67. The van der Waals surface area contributed by atoms with Crippen LogP contribution in [0.4, 0.5) is 0 Å². The number of nitrogens with one attached hydrogen (secondary N) is 1. The van der Waals surface area contributed by atoms with Crippen LogP contribution in [-0.4, -0.2) is 27.4 Å². The molecule has 0 aliphatic heterocycles. The van der Waals surface area contributed by atoms with Crippen LogP contribution < -0.4 is 5.32 Å². The van der Waals surface area contributed by atoms with Crippen molar-refractivity contribution in [1.82, 2.24) is 20.1 Å². The molecule has 1 atom stereocenters. The van der Waals surface area contributed by atoms with E-state index in [9.17, 15) is 0 Å². The van der Waals surface area contributed by atoms with Crippen molar-refractivity contribution in [3.8, 4) is 0 Å². The fraction of sp³-hybridized carbons (Fsp3) is 0.833. The van der Waals surface area contributed by atoms with E-state index < -0.39 is 0 Å². The van der Waals surface area contributed by atoms with Gasteiger partial charge in [-0.3, -0.25) is 4.68 Å². The molecule has 0 aliphatic carbocycles. The van der Waals surface area contributed by atoms with Gasteiger partial charge in [0.2, 0.25) is 0 Å². The summed E-state index contributed by atoms with van der Waals surface area (Å²) < 4.78 is 1.75. The summed E-state index contributed by atoms with van der Waals surface area (Å²) in [7, 11) is 1.90. The molecule has 1 aromatic rings. The van der Waals surface area contributed by atoms with E-state index >= 15 is 0 Å². The van der Waals surface area contributed by atoms with Gasteiger partial charge in [-0.1, -0.05) is 13.8 Å². The Morgan fingerprint density at radius 1 is 1.31 bits per heavy atom. The van der Waals surface area contributed by atoms with Crippen molar-refractivity contribution in [2.45, 2.75) is 46.1 Å². The first kappa shape index (κ1) is 13.2. The number of aryl methyl sites for hydroxylation is 1. The van der Waals surface area contributed by atoms with Crippen LogP contribution in [0.1, 0.15) is 39.4 Å². The molecule has 0 aliphatic rings. The van der Waals surface area contributed by atoms with Gasteiger partial charge in [-0.2, -0.15) is 5.10 Å². The lowest BCUT2D eigenvalue weighted by Gasteiger charge is -2.14.